The van der Waals surface area contributed by atoms with E-state index >= 15 is 0 Å². The number of aryl methyl sites for hydroxylation is 1. The predicted molar refractivity (Wildman–Crippen MR) is 89.0 cm³/mol. The molecule has 0 aromatic heterocycles. The van der Waals surface area contributed by atoms with Gasteiger partial charge in [0.05, 0.1) is 10.6 Å². The third kappa shape index (κ3) is 3.58. The molecule has 2 rings (SSSR count). The van der Waals surface area contributed by atoms with Gasteiger partial charge in [0, 0.05) is 16.0 Å². The molecule has 0 saturated heterocycles. The standard InChI is InChI=1S/C14H14BrClN2O2S/c1-9-3-2-4-13(14(9)15)18-21(19,20)11-5-6-12(16)10(7-11)8-17/h2-7,18H,8,17H2,1H3. The van der Waals surface area contributed by atoms with E-state index in [0.29, 0.717) is 20.7 Å². The largest absolute Gasteiger partial charge is 0.326 e. The Bertz CT molecular complexity index is 779. The van der Waals surface area contributed by atoms with Crippen molar-refractivity contribution in [1.29, 1.82) is 0 Å². The van der Waals surface area contributed by atoms with Crippen LogP contribution in [0.2, 0.25) is 5.02 Å². The van der Waals surface area contributed by atoms with Gasteiger partial charge in [0.2, 0.25) is 0 Å². The predicted octanol–water partition coefficient (Wildman–Crippen LogP) is 3.67. The minimum atomic E-state index is -3.70. The first kappa shape index (κ1) is 16.3. The van der Waals surface area contributed by atoms with Crippen molar-refractivity contribution >= 4 is 43.2 Å². The summed E-state index contributed by atoms with van der Waals surface area (Å²) in [5.74, 6) is 0. The third-order valence-corrected chi connectivity index (χ3v) is 5.77. The van der Waals surface area contributed by atoms with E-state index in [9.17, 15) is 8.42 Å². The van der Waals surface area contributed by atoms with E-state index in [1.54, 1.807) is 12.1 Å². The topological polar surface area (TPSA) is 72.2 Å². The van der Waals surface area contributed by atoms with E-state index in [2.05, 4.69) is 20.7 Å². The Labute approximate surface area is 137 Å². The lowest BCUT2D eigenvalue weighted by Crippen LogP contribution is -2.14. The summed E-state index contributed by atoms with van der Waals surface area (Å²) in [6, 6.07) is 9.82. The second-order valence-corrected chi connectivity index (χ2v) is 7.38. The lowest BCUT2D eigenvalue weighted by atomic mass is 10.2. The van der Waals surface area contributed by atoms with E-state index in [4.69, 9.17) is 17.3 Å². The number of benzene rings is 2. The molecule has 3 N–H and O–H groups in total. The van der Waals surface area contributed by atoms with Gasteiger partial charge in [-0.3, -0.25) is 4.72 Å². The van der Waals surface area contributed by atoms with Crippen LogP contribution in [0.15, 0.2) is 45.8 Å². The Morgan fingerprint density at radius 3 is 2.67 bits per heavy atom. The molecule has 7 heteroatoms. The van der Waals surface area contributed by atoms with Gasteiger partial charge in [-0.15, -0.1) is 0 Å². The van der Waals surface area contributed by atoms with Gasteiger partial charge in [0.1, 0.15) is 0 Å². The highest BCUT2D eigenvalue weighted by molar-refractivity contribution is 9.10. The van der Waals surface area contributed by atoms with Crippen molar-refractivity contribution < 1.29 is 8.42 Å². The zero-order valence-corrected chi connectivity index (χ0v) is 14.4. The van der Waals surface area contributed by atoms with Crippen molar-refractivity contribution in [2.75, 3.05) is 4.72 Å². The highest BCUT2D eigenvalue weighted by Crippen LogP contribution is 2.28. The van der Waals surface area contributed by atoms with Crippen LogP contribution in [0.1, 0.15) is 11.1 Å². The van der Waals surface area contributed by atoms with Crippen molar-refractivity contribution in [3.63, 3.8) is 0 Å². The minimum absolute atomic E-state index is 0.126. The van der Waals surface area contributed by atoms with Crippen LogP contribution in [0.3, 0.4) is 0 Å². The van der Waals surface area contributed by atoms with E-state index in [-0.39, 0.29) is 11.4 Å². The molecule has 112 valence electrons. The molecule has 0 spiro atoms. The summed E-state index contributed by atoms with van der Waals surface area (Å²) in [6.07, 6.45) is 0. The number of hydrogen-bond acceptors (Lipinski definition) is 3. The Balaban J connectivity index is 2.41. The van der Waals surface area contributed by atoms with Crippen LogP contribution < -0.4 is 10.5 Å². The number of nitrogens with one attached hydrogen (secondary N) is 1. The van der Waals surface area contributed by atoms with Crippen LogP contribution in [0, 0.1) is 6.92 Å². The maximum absolute atomic E-state index is 12.4. The van der Waals surface area contributed by atoms with Gasteiger partial charge < -0.3 is 5.73 Å². The summed E-state index contributed by atoms with van der Waals surface area (Å²) >= 11 is 9.33. The van der Waals surface area contributed by atoms with E-state index in [0.717, 1.165) is 5.56 Å². The van der Waals surface area contributed by atoms with Crippen LogP contribution in [-0.2, 0) is 16.6 Å². The molecule has 21 heavy (non-hydrogen) atoms. The number of sulfonamides is 1. The second kappa shape index (κ2) is 6.36. The molecule has 0 aliphatic carbocycles. The lowest BCUT2D eigenvalue weighted by molar-refractivity contribution is 0.601. The van der Waals surface area contributed by atoms with Crippen LogP contribution in [0.25, 0.3) is 0 Å². The van der Waals surface area contributed by atoms with Crippen LogP contribution in [0.5, 0.6) is 0 Å². The zero-order valence-electron chi connectivity index (χ0n) is 11.2. The number of halogens is 2. The quantitative estimate of drug-likeness (QED) is 0.838. The summed E-state index contributed by atoms with van der Waals surface area (Å²) in [7, 11) is -3.70. The first-order valence-electron chi connectivity index (χ1n) is 6.11. The molecular weight excluding hydrogens is 376 g/mol. The third-order valence-electron chi connectivity index (χ3n) is 2.98. The molecule has 4 nitrogen and oxygen atoms in total. The number of hydrogen-bond donors (Lipinski definition) is 2. The summed E-state index contributed by atoms with van der Waals surface area (Å²) in [6.45, 7) is 2.06. The maximum atomic E-state index is 12.4. The molecular formula is C14H14BrClN2O2S. The molecule has 0 aliphatic heterocycles. The average Bonchev–Trinajstić information content (AvgIpc) is 2.44. The highest BCUT2D eigenvalue weighted by atomic mass is 79.9. The van der Waals surface area contributed by atoms with Gasteiger partial charge in [-0.1, -0.05) is 23.7 Å². The molecule has 0 atom stereocenters. The smallest absolute Gasteiger partial charge is 0.261 e. The minimum Gasteiger partial charge on any atom is -0.326 e. The van der Waals surface area contributed by atoms with Crippen molar-refractivity contribution in [2.24, 2.45) is 5.73 Å². The van der Waals surface area contributed by atoms with Gasteiger partial charge in [-0.25, -0.2) is 8.42 Å². The van der Waals surface area contributed by atoms with Crippen LogP contribution in [-0.4, -0.2) is 8.42 Å². The Kier molecular flexibility index (Phi) is 4.93. The molecule has 0 bridgehead atoms. The average molecular weight is 390 g/mol. The van der Waals surface area contributed by atoms with Crippen molar-refractivity contribution in [3.05, 3.63) is 57.0 Å². The normalized spacial score (nSPS) is 11.4. The van der Waals surface area contributed by atoms with Crippen LogP contribution in [0.4, 0.5) is 5.69 Å². The number of rotatable bonds is 4. The van der Waals surface area contributed by atoms with Gasteiger partial charge in [-0.2, -0.15) is 0 Å². The molecule has 0 radical (unpaired) electrons. The molecule has 0 unspecified atom stereocenters. The Hall–Kier alpha value is -1.08. The summed E-state index contributed by atoms with van der Waals surface area (Å²) in [4.78, 5) is 0.126. The molecule has 0 saturated carbocycles. The molecule has 0 heterocycles. The van der Waals surface area contributed by atoms with Gasteiger partial charge in [-0.05, 0) is 58.2 Å². The van der Waals surface area contributed by atoms with Gasteiger partial charge in [0.25, 0.3) is 10.0 Å². The van der Waals surface area contributed by atoms with Crippen molar-refractivity contribution in [2.45, 2.75) is 18.4 Å². The zero-order chi connectivity index (χ0) is 15.6. The van der Waals surface area contributed by atoms with Crippen molar-refractivity contribution in [1.82, 2.24) is 0 Å². The second-order valence-electron chi connectivity index (χ2n) is 4.50. The monoisotopic (exact) mass is 388 g/mol. The number of anilines is 1. The first-order valence-corrected chi connectivity index (χ1v) is 8.77. The number of nitrogens with two attached hydrogens (primary N) is 1. The summed E-state index contributed by atoms with van der Waals surface area (Å²) < 4.78 is 28.1. The van der Waals surface area contributed by atoms with E-state index in [1.165, 1.54) is 18.2 Å². The Morgan fingerprint density at radius 1 is 1.29 bits per heavy atom. The highest BCUT2D eigenvalue weighted by Gasteiger charge is 2.17. The lowest BCUT2D eigenvalue weighted by Gasteiger charge is -2.12. The first-order chi connectivity index (χ1) is 9.85. The SMILES string of the molecule is Cc1cccc(NS(=O)(=O)c2ccc(Cl)c(CN)c2)c1Br. The fourth-order valence-electron chi connectivity index (χ4n) is 1.80. The molecule has 0 fully saturated rings. The molecule has 0 amide bonds. The Morgan fingerprint density at radius 2 is 2.00 bits per heavy atom. The van der Waals surface area contributed by atoms with E-state index < -0.39 is 10.0 Å². The molecule has 2 aromatic carbocycles. The van der Waals surface area contributed by atoms with Crippen molar-refractivity contribution in [3.8, 4) is 0 Å². The van der Waals surface area contributed by atoms with E-state index in [1.807, 2.05) is 13.0 Å². The summed E-state index contributed by atoms with van der Waals surface area (Å²) in [5, 5.41) is 0.452. The fraction of sp³-hybridized carbons (Fsp3) is 0.143. The maximum Gasteiger partial charge on any atom is 0.261 e. The summed E-state index contributed by atoms with van der Waals surface area (Å²) in [5.41, 5.74) is 7.56. The molecule has 2 aromatic rings. The van der Waals surface area contributed by atoms with Gasteiger partial charge in [0.15, 0.2) is 0 Å². The molecule has 0 aliphatic rings. The van der Waals surface area contributed by atoms with Gasteiger partial charge >= 0.3 is 0 Å². The van der Waals surface area contributed by atoms with Crippen LogP contribution >= 0.6 is 27.5 Å². The fourth-order valence-corrected chi connectivity index (χ4v) is 3.62.